The van der Waals surface area contributed by atoms with Crippen molar-refractivity contribution >= 4 is 17.3 Å². The average molecular weight is 337 g/mol. The number of amides is 1. The fraction of sp³-hybridized carbons (Fsp3) is 0.429. The molecule has 1 atom stereocenters. The number of aromatic nitrogens is 1. The van der Waals surface area contributed by atoms with Gasteiger partial charge in [-0.25, -0.2) is 4.98 Å². The molecular formula is C21H27N3O. The molecule has 1 aromatic carbocycles. The lowest BCUT2D eigenvalue weighted by molar-refractivity contribution is 0.102. The first-order valence-corrected chi connectivity index (χ1v) is 9.20. The molecule has 2 aromatic rings. The van der Waals surface area contributed by atoms with Gasteiger partial charge in [-0.05, 0) is 62.8 Å². The maximum Gasteiger partial charge on any atom is 0.274 e. The summed E-state index contributed by atoms with van der Waals surface area (Å²) in [7, 11) is 0. The number of para-hydroxylation sites is 1. The van der Waals surface area contributed by atoms with E-state index >= 15 is 0 Å². The van der Waals surface area contributed by atoms with Gasteiger partial charge in [-0.15, -0.1) is 0 Å². The highest BCUT2D eigenvalue weighted by atomic mass is 16.1. The predicted molar refractivity (Wildman–Crippen MR) is 103 cm³/mol. The van der Waals surface area contributed by atoms with Crippen LogP contribution in [0.2, 0.25) is 0 Å². The van der Waals surface area contributed by atoms with Gasteiger partial charge in [0.2, 0.25) is 0 Å². The summed E-state index contributed by atoms with van der Waals surface area (Å²) in [6.45, 7) is 7.32. The number of nitrogens with zero attached hydrogens (tertiary/aromatic N) is 2. The van der Waals surface area contributed by atoms with Gasteiger partial charge in [0.1, 0.15) is 5.69 Å². The van der Waals surface area contributed by atoms with Crippen LogP contribution >= 0.6 is 0 Å². The Balaban J connectivity index is 1.74. The van der Waals surface area contributed by atoms with Gasteiger partial charge in [0.15, 0.2) is 0 Å². The molecule has 0 saturated carbocycles. The van der Waals surface area contributed by atoms with Gasteiger partial charge in [0.05, 0.1) is 11.9 Å². The highest BCUT2D eigenvalue weighted by Gasteiger charge is 2.21. The Labute approximate surface area is 150 Å². The van der Waals surface area contributed by atoms with E-state index in [1.54, 1.807) is 0 Å². The molecule has 1 unspecified atom stereocenters. The molecule has 0 bridgehead atoms. The van der Waals surface area contributed by atoms with Crippen LogP contribution in [0.3, 0.4) is 0 Å². The summed E-state index contributed by atoms with van der Waals surface area (Å²) in [5, 5.41) is 3.00. The molecule has 1 aliphatic heterocycles. The van der Waals surface area contributed by atoms with Gasteiger partial charge in [-0.2, -0.15) is 0 Å². The van der Waals surface area contributed by atoms with Crippen molar-refractivity contribution in [1.29, 1.82) is 0 Å². The summed E-state index contributed by atoms with van der Waals surface area (Å²) < 4.78 is 0. The molecule has 2 heterocycles. The Hall–Kier alpha value is -2.36. The summed E-state index contributed by atoms with van der Waals surface area (Å²) in [4.78, 5) is 19.4. The van der Waals surface area contributed by atoms with E-state index in [9.17, 15) is 4.79 Å². The molecule has 0 spiro atoms. The van der Waals surface area contributed by atoms with E-state index in [0.29, 0.717) is 11.7 Å². The molecule has 3 rings (SSSR count). The first-order chi connectivity index (χ1) is 12.1. The molecule has 1 fully saturated rings. The zero-order valence-corrected chi connectivity index (χ0v) is 15.4. The summed E-state index contributed by atoms with van der Waals surface area (Å²) in [5.74, 6) is -0.158. The van der Waals surface area contributed by atoms with Crippen molar-refractivity contribution in [3.63, 3.8) is 0 Å². The van der Waals surface area contributed by atoms with Gasteiger partial charge >= 0.3 is 0 Å². The van der Waals surface area contributed by atoms with Crippen LogP contribution in [-0.2, 0) is 0 Å². The number of hydrogen-bond acceptors (Lipinski definition) is 3. The van der Waals surface area contributed by atoms with Gasteiger partial charge in [-0.1, -0.05) is 25.1 Å². The Morgan fingerprint density at radius 3 is 2.60 bits per heavy atom. The number of carbonyl (C=O) groups is 1. The Bertz CT molecular complexity index is 719. The third-order valence-corrected chi connectivity index (χ3v) is 5.13. The largest absolute Gasteiger partial charge is 0.367 e. The average Bonchev–Trinajstić information content (AvgIpc) is 2.65. The van der Waals surface area contributed by atoms with E-state index in [2.05, 4.69) is 22.1 Å². The van der Waals surface area contributed by atoms with Gasteiger partial charge in [-0.3, -0.25) is 4.79 Å². The standard InChI is InChI=1S/C21H27N3O/c1-4-17-10-5-6-13-24(17)18-11-12-19(22-14-18)21(25)23-20-15(2)8-7-9-16(20)3/h7-9,11-12,14,17H,4-6,10,13H2,1-3H3,(H,23,25). The molecule has 4 heteroatoms. The lowest BCUT2D eigenvalue weighted by atomic mass is 9.99. The van der Waals surface area contributed by atoms with Crippen molar-refractivity contribution in [3.05, 3.63) is 53.3 Å². The Kier molecular flexibility index (Phi) is 5.37. The van der Waals surface area contributed by atoms with Gasteiger partial charge in [0.25, 0.3) is 5.91 Å². The highest BCUT2D eigenvalue weighted by molar-refractivity contribution is 6.03. The molecule has 0 radical (unpaired) electrons. The molecule has 1 saturated heterocycles. The minimum absolute atomic E-state index is 0.158. The van der Waals surface area contributed by atoms with Crippen LogP contribution in [0, 0.1) is 13.8 Å². The molecule has 25 heavy (non-hydrogen) atoms. The molecule has 1 aliphatic rings. The Morgan fingerprint density at radius 1 is 1.20 bits per heavy atom. The normalized spacial score (nSPS) is 17.4. The minimum atomic E-state index is -0.158. The number of piperidine rings is 1. The van der Waals surface area contributed by atoms with E-state index in [4.69, 9.17) is 0 Å². The minimum Gasteiger partial charge on any atom is -0.367 e. The fourth-order valence-corrected chi connectivity index (χ4v) is 3.64. The number of carbonyl (C=O) groups excluding carboxylic acids is 1. The number of benzene rings is 1. The number of nitrogens with one attached hydrogen (secondary N) is 1. The monoisotopic (exact) mass is 337 g/mol. The van der Waals surface area contributed by atoms with Crippen LogP contribution in [0.4, 0.5) is 11.4 Å². The van der Waals surface area contributed by atoms with E-state index < -0.39 is 0 Å². The van der Waals surface area contributed by atoms with Crippen LogP contribution in [0.1, 0.15) is 54.2 Å². The fourth-order valence-electron chi connectivity index (χ4n) is 3.64. The third-order valence-electron chi connectivity index (χ3n) is 5.13. The topological polar surface area (TPSA) is 45.2 Å². The lowest BCUT2D eigenvalue weighted by Crippen LogP contribution is -2.39. The van der Waals surface area contributed by atoms with Crippen LogP contribution in [0.5, 0.6) is 0 Å². The number of rotatable bonds is 4. The molecule has 1 N–H and O–H groups in total. The van der Waals surface area contributed by atoms with Crippen molar-refractivity contribution in [2.75, 3.05) is 16.8 Å². The van der Waals surface area contributed by atoms with Crippen molar-refractivity contribution in [2.24, 2.45) is 0 Å². The Morgan fingerprint density at radius 2 is 1.96 bits per heavy atom. The number of pyridine rings is 1. The van der Waals surface area contributed by atoms with Crippen LogP contribution < -0.4 is 10.2 Å². The van der Waals surface area contributed by atoms with Crippen LogP contribution in [0.15, 0.2) is 36.5 Å². The molecule has 4 nitrogen and oxygen atoms in total. The van der Waals surface area contributed by atoms with Gasteiger partial charge in [0, 0.05) is 18.3 Å². The maximum absolute atomic E-state index is 12.5. The van der Waals surface area contributed by atoms with E-state index in [1.807, 2.05) is 50.4 Å². The summed E-state index contributed by atoms with van der Waals surface area (Å²) >= 11 is 0. The van der Waals surface area contributed by atoms with Crippen molar-refractivity contribution in [1.82, 2.24) is 4.98 Å². The zero-order chi connectivity index (χ0) is 17.8. The van der Waals surface area contributed by atoms with Crippen molar-refractivity contribution in [3.8, 4) is 0 Å². The first-order valence-electron chi connectivity index (χ1n) is 9.20. The number of hydrogen-bond donors (Lipinski definition) is 1. The van der Waals surface area contributed by atoms with Crippen molar-refractivity contribution < 1.29 is 4.79 Å². The first kappa shape index (κ1) is 17.5. The van der Waals surface area contributed by atoms with Crippen LogP contribution in [0.25, 0.3) is 0 Å². The molecule has 132 valence electrons. The molecular weight excluding hydrogens is 310 g/mol. The van der Waals surface area contributed by atoms with Crippen molar-refractivity contribution in [2.45, 2.75) is 52.5 Å². The summed E-state index contributed by atoms with van der Waals surface area (Å²) in [5.41, 5.74) is 4.57. The third kappa shape index (κ3) is 3.84. The number of anilines is 2. The SMILES string of the molecule is CCC1CCCCN1c1ccc(C(=O)Nc2c(C)cccc2C)nc1. The zero-order valence-electron chi connectivity index (χ0n) is 15.4. The lowest BCUT2D eigenvalue weighted by Gasteiger charge is -2.37. The highest BCUT2D eigenvalue weighted by Crippen LogP contribution is 2.26. The smallest absolute Gasteiger partial charge is 0.274 e. The van der Waals surface area contributed by atoms with Crippen LogP contribution in [-0.4, -0.2) is 23.5 Å². The summed E-state index contributed by atoms with van der Waals surface area (Å²) in [6.07, 6.45) is 6.76. The van der Waals surface area contributed by atoms with E-state index in [-0.39, 0.29) is 5.91 Å². The second kappa shape index (κ2) is 7.68. The second-order valence-corrected chi connectivity index (χ2v) is 6.87. The quantitative estimate of drug-likeness (QED) is 0.878. The summed E-state index contributed by atoms with van der Waals surface area (Å²) in [6, 6.07) is 10.4. The predicted octanol–water partition coefficient (Wildman–Crippen LogP) is 4.72. The molecule has 1 amide bonds. The molecule has 0 aliphatic carbocycles. The van der Waals surface area contributed by atoms with E-state index in [0.717, 1.165) is 35.5 Å². The van der Waals surface area contributed by atoms with Gasteiger partial charge < -0.3 is 10.2 Å². The molecule has 1 aromatic heterocycles. The van der Waals surface area contributed by atoms with E-state index in [1.165, 1.54) is 19.3 Å². The maximum atomic E-state index is 12.5. The second-order valence-electron chi connectivity index (χ2n) is 6.87. The number of aryl methyl sites for hydroxylation is 2.